The lowest BCUT2D eigenvalue weighted by molar-refractivity contribution is -0.129. The van der Waals surface area contributed by atoms with Crippen molar-refractivity contribution in [3.8, 4) is 11.5 Å². The monoisotopic (exact) mass is 607 g/mol. The average Bonchev–Trinajstić information content (AvgIpc) is 3.15. The molecule has 1 aliphatic heterocycles. The Bertz CT molecular complexity index is 1240. The van der Waals surface area contributed by atoms with Gasteiger partial charge in [0.15, 0.2) is 17.2 Å². The standard InChI is InChI=1S/C24H16BrFINO4/c1-30-22-11-15(4-9-21(22)31-13-14-2-6-17(26)7-3-14)10-20-24(29)32-23(28-20)16-5-8-19(27)18(25)12-16/h2-12H,13H2,1H3/b20-10-. The number of esters is 1. The van der Waals surface area contributed by atoms with Crippen LogP contribution in [-0.4, -0.2) is 19.0 Å². The van der Waals surface area contributed by atoms with E-state index in [0.29, 0.717) is 22.6 Å². The fourth-order valence-corrected chi connectivity index (χ4v) is 3.67. The van der Waals surface area contributed by atoms with E-state index in [0.717, 1.165) is 13.6 Å². The lowest BCUT2D eigenvalue weighted by atomic mass is 10.1. The summed E-state index contributed by atoms with van der Waals surface area (Å²) in [6, 6.07) is 17.0. The third-order valence-electron chi connectivity index (χ3n) is 4.59. The molecular formula is C24H16BrFINO4. The zero-order chi connectivity index (χ0) is 22.7. The Morgan fingerprint density at radius 3 is 2.59 bits per heavy atom. The highest BCUT2D eigenvalue weighted by Crippen LogP contribution is 2.31. The van der Waals surface area contributed by atoms with Gasteiger partial charge in [-0.25, -0.2) is 14.2 Å². The number of ether oxygens (including phenoxy) is 3. The molecule has 3 aromatic carbocycles. The molecule has 1 aliphatic rings. The van der Waals surface area contributed by atoms with Gasteiger partial charge in [0.1, 0.15) is 12.4 Å². The van der Waals surface area contributed by atoms with Gasteiger partial charge in [0.25, 0.3) is 0 Å². The zero-order valence-corrected chi connectivity index (χ0v) is 20.5. The molecule has 0 spiro atoms. The van der Waals surface area contributed by atoms with Crippen LogP contribution in [0.1, 0.15) is 16.7 Å². The van der Waals surface area contributed by atoms with Crippen LogP contribution in [0.5, 0.6) is 11.5 Å². The van der Waals surface area contributed by atoms with Crippen molar-refractivity contribution >= 4 is 56.5 Å². The second-order valence-corrected chi connectivity index (χ2v) is 8.81. The van der Waals surface area contributed by atoms with Crippen LogP contribution in [0.15, 0.2) is 75.8 Å². The molecule has 0 saturated carbocycles. The summed E-state index contributed by atoms with van der Waals surface area (Å²) in [6.07, 6.45) is 1.63. The SMILES string of the molecule is COc1cc(/C=C2\N=C(c3ccc(I)c(Br)c3)OC2=O)ccc1OCc1ccc(F)cc1. The number of hydrogen-bond donors (Lipinski definition) is 0. The number of halogens is 3. The maximum absolute atomic E-state index is 13.1. The van der Waals surface area contributed by atoms with Gasteiger partial charge < -0.3 is 14.2 Å². The molecule has 0 N–H and O–H groups in total. The number of nitrogens with zero attached hydrogens (tertiary/aromatic N) is 1. The summed E-state index contributed by atoms with van der Waals surface area (Å²) in [5.74, 6) is 0.462. The van der Waals surface area contributed by atoms with Crippen LogP contribution in [0.2, 0.25) is 0 Å². The first-order valence-electron chi connectivity index (χ1n) is 9.46. The third-order valence-corrected chi connectivity index (χ3v) is 6.92. The molecule has 0 aliphatic carbocycles. The summed E-state index contributed by atoms with van der Waals surface area (Å²) < 4.78 is 31.6. The molecule has 0 unspecified atom stereocenters. The highest BCUT2D eigenvalue weighted by atomic mass is 127. The number of cyclic esters (lactones) is 1. The highest BCUT2D eigenvalue weighted by Gasteiger charge is 2.24. The molecule has 4 rings (SSSR count). The van der Waals surface area contributed by atoms with Gasteiger partial charge in [0, 0.05) is 13.6 Å². The van der Waals surface area contributed by atoms with E-state index in [9.17, 15) is 9.18 Å². The van der Waals surface area contributed by atoms with E-state index in [1.165, 1.54) is 19.2 Å². The number of aliphatic imine (C=N–C) groups is 1. The van der Waals surface area contributed by atoms with Crippen molar-refractivity contribution in [2.24, 2.45) is 4.99 Å². The first-order valence-corrected chi connectivity index (χ1v) is 11.3. The zero-order valence-electron chi connectivity index (χ0n) is 16.8. The highest BCUT2D eigenvalue weighted by molar-refractivity contribution is 14.1. The quantitative estimate of drug-likeness (QED) is 0.192. The Labute approximate surface area is 206 Å². The van der Waals surface area contributed by atoms with Gasteiger partial charge in [-0.05, 0) is 98.2 Å². The predicted octanol–water partition coefficient (Wildman–Crippen LogP) is 6.12. The molecule has 1 heterocycles. The van der Waals surface area contributed by atoms with Crippen LogP contribution in [0.25, 0.3) is 6.08 Å². The van der Waals surface area contributed by atoms with Gasteiger partial charge in [0.05, 0.1) is 7.11 Å². The van der Waals surface area contributed by atoms with E-state index in [1.807, 2.05) is 18.2 Å². The van der Waals surface area contributed by atoms with Gasteiger partial charge in [-0.1, -0.05) is 18.2 Å². The summed E-state index contributed by atoms with van der Waals surface area (Å²) in [4.78, 5) is 16.7. The topological polar surface area (TPSA) is 57.1 Å². The van der Waals surface area contributed by atoms with E-state index in [1.54, 1.807) is 36.4 Å². The second-order valence-electron chi connectivity index (χ2n) is 6.79. The molecule has 0 bridgehead atoms. The van der Waals surface area contributed by atoms with Gasteiger partial charge in [0.2, 0.25) is 5.90 Å². The second kappa shape index (κ2) is 9.83. The Morgan fingerprint density at radius 2 is 1.88 bits per heavy atom. The molecule has 0 fully saturated rings. The van der Waals surface area contributed by atoms with E-state index in [4.69, 9.17) is 14.2 Å². The Balaban J connectivity index is 1.54. The summed E-state index contributed by atoms with van der Waals surface area (Å²) in [6.45, 7) is 0.266. The van der Waals surface area contributed by atoms with Gasteiger partial charge >= 0.3 is 5.97 Å². The minimum Gasteiger partial charge on any atom is -0.493 e. The first-order chi connectivity index (χ1) is 15.4. The molecule has 0 saturated heterocycles. The van der Waals surface area contributed by atoms with Crippen LogP contribution in [0.4, 0.5) is 4.39 Å². The van der Waals surface area contributed by atoms with E-state index in [-0.39, 0.29) is 24.0 Å². The third kappa shape index (κ3) is 5.18. The smallest absolute Gasteiger partial charge is 0.363 e. The first kappa shape index (κ1) is 22.5. The van der Waals surface area contributed by atoms with Gasteiger partial charge in [-0.3, -0.25) is 0 Å². The maximum Gasteiger partial charge on any atom is 0.363 e. The predicted molar refractivity (Wildman–Crippen MR) is 131 cm³/mol. The molecule has 5 nitrogen and oxygen atoms in total. The van der Waals surface area contributed by atoms with Crippen LogP contribution < -0.4 is 9.47 Å². The summed E-state index contributed by atoms with van der Waals surface area (Å²) in [5.41, 5.74) is 2.43. The number of benzene rings is 3. The van der Waals surface area contributed by atoms with Crippen molar-refractivity contribution in [1.82, 2.24) is 0 Å². The largest absolute Gasteiger partial charge is 0.493 e. The van der Waals surface area contributed by atoms with Crippen molar-refractivity contribution < 1.29 is 23.4 Å². The molecule has 162 valence electrons. The Morgan fingerprint density at radius 1 is 1.09 bits per heavy atom. The van der Waals surface area contributed by atoms with Crippen molar-refractivity contribution in [3.05, 3.63) is 96.9 Å². The van der Waals surface area contributed by atoms with E-state index in [2.05, 4.69) is 43.5 Å². The molecule has 3 aromatic rings. The molecule has 32 heavy (non-hydrogen) atoms. The number of hydrogen-bond acceptors (Lipinski definition) is 5. The van der Waals surface area contributed by atoms with E-state index < -0.39 is 5.97 Å². The fourth-order valence-electron chi connectivity index (χ4n) is 2.95. The molecule has 8 heteroatoms. The van der Waals surface area contributed by atoms with E-state index >= 15 is 0 Å². The number of carbonyl (C=O) groups excluding carboxylic acids is 1. The number of carbonyl (C=O) groups is 1. The number of rotatable bonds is 6. The molecular weight excluding hydrogens is 592 g/mol. The fraction of sp³-hybridized carbons (Fsp3) is 0.0833. The maximum atomic E-state index is 13.1. The van der Waals surface area contributed by atoms with Crippen LogP contribution in [0, 0.1) is 9.39 Å². The normalized spacial score (nSPS) is 14.3. The number of methoxy groups -OCH3 is 1. The molecule has 0 radical (unpaired) electrons. The summed E-state index contributed by atoms with van der Waals surface area (Å²) >= 11 is 5.67. The molecule has 0 amide bonds. The lowest BCUT2D eigenvalue weighted by Gasteiger charge is -2.11. The van der Waals surface area contributed by atoms with Crippen molar-refractivity contribution in [2.45, 2.75) is 6.61 Å². The Kier molecular flexibility index (Phi) is 6.90. The molecule has 0 aromatic heterocycles. The minimum atomic E-state index is -0.523. The molecule has 0 atom stereocenters. The van der Waals surface area contributed by atoms with Crippen molar-refractivity contribution in [2.75, 3.05) is 7.11 Å². The summed E-state index contributed by atoms with van der Waals surface area (Å²) in [7, 11) is 1.53. The average molecular weight is 608 g/mol. The van der Waals surface area contributed by atoms with Gasteiger partial charge in [-0.2, -0.15) is 0 Å². The van der Waals surface area contributed by atoms with Gasteiger partial charge in [-0.15, -0.1) is 0 Å². The van der Waals surface area contributed by atoms with Crippen LogP contribution >= 0.6 is 38.5 Å². The minimum absolute atomic E-state index is 0.191. The van der Waals surface area contributed by atoms with Crippen LogP contribution in [0.3, 0.4) is 0 Å². The van der Waals surface area contributed by atoms with Crippen LogP contribution in [-0.2, 0) is 16.1 Å². The Hall–Kier alpha value is -2.72. The lowest BCUT2D eigenvalue weighted by Crippen LogP contribution is -2.05. The van der Waals surface area contributed by atoms with Crippen molar-refractivity contribution in [1.29, 1.82) is 0 Å². The van der Waals surface area contributed by atoms with Crippen molar-refractivity contribution in [3.63, 3.8) is 0 Å². The summed E-state index contributed by atoms with van der Waals surface area (Å²) in [5, 5.41) is 0.